The van der Waals surface area contributed by atoms with Crippen molar-refractivity contribution >= 4 is 0 Å². The number of nitrogens with zero attached hydrogens (tertiary/aromatic N) is 1. The van der Waals surface area contributed by atoms with E-state index in [2.05, 4.69) is 6.07 Å². The first-order valence-electron chi connectivity index (χ1n) is 4.39. The van der Waals surface area contributed by atoms with Crippen LogP contribution in [-0.2, 0) is 0 Å². The average Bonchev–Trinajstić information content (AvgIpc) is 2.37. The van der Waals surface area contributed by atoms with Crippen LogP contribution in [0, 0.1) is 29.1 Å². The molecule has 2 rings (SSSR count). The van der Waals surface area contributed by atoms with Crippen molar-refractivity contribution in [2.75, 3.05) is 0 Å². The quantitative estimate of drug-likeness (QED) is 0.567. The van der Waals surface area contributed by atoms with E-state index < -0.39 is 0 Å². The van der Waals surface area contributed by atoms with E-state index in [1.54, 1.807) is 0 Å². The predicted molar refractivity (Wildman–Crippen MR) is 40.6 cm³/mol. The summed E-state index contributed by atoms with van der Waals surface area (Å²) < 4.78 is 0. The molecule has 2 bridgehead atoms. The lowest BCUT2D eigenvalue weighted by Crippen LogP contribution is -2.25. The zero-order chi connectivity index (χ0) is 7.84. The van der Waals surface area contributed by atoms with Gasteiger partial charge in [-0.2, -0.15) is 5.26 Å². The highest BCUT2D eigenvalue weighted by Gasteiger charge is 2.41. The Bertz CT molecular complexity index is 196. The summed E-state index contributed by atoms with van der Waals surface area (Å²) in [5.41, 5.74) is 0. The van der Waals surface area contributed by atoms with Crippen molar-refractivity contribution in [3.63, 3.8) is 0 Å². The fraction of sp³-hybridized carbons (Fsp3) is 0.889. The Morgan fingerprint density at radius 3 is 2.82 bits per heavy atom. The largest absolute Gasteiger partial charge is 0.393 e. The monoisotopic (exact) mass is 151 g/mol. The van der Waals surface area contributed by atoms with Crippen molar-refractivity contribution in [2.24, 2.45) is 17.8 Å². The number of hydrogen-bond acceptors (Lipinski definition) is 2. The third-order valence-corrected chi connectivity index (χ3v) is 3.24. The molecule has 0 aromatic heterocycles. The normalized spacial score (nSPS) is 48.7. The van der Waals surface area contributed by atoms with Crippen LogP contribution in [0.3, 0.4) is 0 Å². The number of hydrogen-bond donors (Lipinski definition) is 1. The minimum atomic E-state index is -0.182. The lowest BCUT2D eigenvalue weighted by Gasteiger charge is -2.24. The SMILES string of the molecule is N#C[C@@H]1C[C@H]2CC[C@@H](O)[C@@H]1C2. The summed E-state index contributed by atoms with van der Waals surface area (Å²) in [7, 11) is 0. The molecule has 0 radical (unpaired) electrons. The Balaban J connectivity index is 2.14. The molecule has 0 aromatic carbocycles. The molecule has 0 aromatic rings. The van der Waals surface area contributed by atoms with E-state index in [4.69, 9.17) is 5.26 Å². The Morgan fingerprint density at radius 2 is 2.09 bits per heavy atom. The molecule has 4 atom stereocenters. The summed E-state index contributed by atoms with van der Waals surface area (Å²) in [5, 5.41) is 18.3. The molecule has 0 aliphatic heterocycles. The van der Waals surface area contributed by atoms with Gasteiger partial charge in [0.25, 0.3) is 0 Å². The Hall–Kier alpha value is -0.550. The van der Waals surface area contributed by atoms with Crippen LogP contribution in [0.4, 0.5) is 0 Å². The molecule has 2 nitrogen and oxygen atoms in total. The lowest BCUT2D eigenvalue weighted by atomic mass is 9.85. The van der Waals surface area contributed by atoms with Gasteiger partial charge in [0.1, 0.15) is 0 Å². The third-order valence-electron chi connectivity index (χ3n) is 3.24. The molecule has 2 aliphatic rings. The van der Waals surface area contributed by atoms with Crippen LogP contribution in [0.25, 0.3) is 0 Å². The van der Waals surface area contributed by atoms with Crippen molar-refractivity contribution in [3.05, 3.63) is 0 Å². The second kappa shape index (κ2) is 2.49. The van der Waals surface area contributed by atoms with Crippen LogP contribution in [0.1, 0.15) is 25.7 Å². The first kappa shape index (κ1) is 7.12. The maximum atomic E-state index is 9.55. The highest BCUT2D eigenvalue weighted by atomic mass is 16.3. The molecule has 2 fully saturated rings. The van der Waals surface area contributed by atoms with E-state index in [1.807, 2.05) is 0 Å². The van der Waals surface area contributed by atoms with Gasteiger partial charge in [-0.25, -0.2) is 0 Å². The zero-order valence-corrected chi connectivity index (χ0v) is 6.53. The van der Waals surface area contributed by atoms with Gasteiger partial charge >= 0.3 is 0 Å². The van der Waals surface area contributed by atoms with E-state index in [1.165, 1.54) is 0 Å². The molecule has 1 N–H and O–H groups in total. The van der Waals surface area contributed by atoms with Gasteiger partial charge in [0.15, 0.2) is 0 Å². The van der Waals surface area contributed by atoms with Gasteiger partial charge in [0, 0.05) is 5.92 Å². The molecule has 2 saturated carbocycles. The van der Waals surface area contributed by atoms with Gasteiger partial charge in [-0.3, -0.25) is 0 Å². The highest BCUT2D eigenvalue weighted by molar-refractivity contribution is 5.00. The minimum Gasteiger partial charge on any atom is -0.393 e. The maximum absolute atomic E-state index is 9.55. The van der Waals surface area contributed by atoms with Crippen LogP contribution in [-0.4, -0.2) is 11.2 Å². The molecule has 0 saturated heterocycles. The molecule has 0 unspecified atom stereocenters. The predicted octanol–water partition coefficient (Wildman–Crippen LogP) is 1.31. The van der Waals surface area contributed by atoms with Gasteiger partial charge in [-0.05, 0) is 31.6 Å². The first-order chi connectivity index (χ1) is 5.31. The summed E-state index contributed by atoms with van der Waals surface area (Å²) in [6.45, 7) is 0. The summed E-state index contributed by atoms with van der Waals surface area (Å²) in [5.74, 6) is 1.20. The molecule has 11 heavy (non-hydrogen) atoms. The van der Waals surface area contributed by atoms with Crippen LogP contribution >= 0.6 is 0 Å². The standard InChI is InChI=1S/C9H13NO/c10-5-7-3-6-1-2-9(11)8(7)4-6/h6-9,11H,1-4H2/t6-,7+,8-,9-/m1/s1. The number of aliphatic hydroxyl groups excluding tert-OH is 1. The Kier molecular flexibility index (Phi) is 1.61. The van der Waals surface area contributed by atoms with Crippen molar-refractivity contribution in [1.29, 1.82) is 5.26 Å². The summed E-state index contributed by atoms with van der Waals surface area (Å²) in [6, 6.07) is 2.31. The summed E-state index contributed by atoms with van der Waals surface area (Å²) in [6.07, 6.45) is 4.01. The Morgan fingerprint density at radius 1 is 1.27 bits per heavy atom. The number of fused-ring (bicyclic) bond motifs is 2. The highest BCUT2D eigenvalue weighted by Crippen LogP contribution is 2.45. The zero-order valence-electron chi connectivity index (χ0n) is 6.53. The van der Waals surface area contributed by atoms with E-state index >= 15 is 0 Å². The summed E-state index contributed by atoms with van der Waals surface area (Å²) >= 11 is 0. The van der Waals surface area contributed by atoms with Gasteiger partial charge in [-0.15, -0.1) is 0 Å². The molecular formula is C9H13NO. The smallest absolute Gasteiger partial charge is 0.0659 e. The molecule has 0 amide bonds. The Labute approximate surface area is 66.8 Å². The molecule has 2 aliphatic carbocycles. The minimum absolute atomic E-state index is 0.150. The summed E-state index contributed by atoms with van der Waals surface area (Å²) in [4.78, 5) is 0. The molecule has 0 heterocycles. The molecule has 60 valence electrons. The van der Waals surface area contributed by atoms with Gasteiger partial charge in [0.05, 0.1) is 18.1 Å². The first-order valence-corrected chi connectivity index (χ1v) is 4.39. The van der Waals surface area contributed by atoms with E-state index in [0.29, 0.717) is 5.92 Å². The van der Waals surface area contributed by atoms with Crippen molar-refractivity contribution in [1.82, 2.24) is 0 Å². The van der Waals surface area contributed by atoms with Crippen LogP contribution < -0.4 is 0 Å². The van der Waals surface area contributed by atoms with Gasteiger partial charge in [0.2, 0.25) is 0 Å². The van der Waals surface area contributed by atoms with E-state index in [0.717, 1.165) is 31.6 Å². The van der Waals surface area contributed by atoms with Crippen LogP contribution in [0.5, 0.6) is 0 Å². The topological polar surface area (TPSA) is 44.0 Å². The molecular weight excluding hydrogens is 138 g/mol. The molecule has 2 heteroatoms. The fourth-order valence-electron chi connectivity index (χ4n) is 2.61. The fourth-order valence-corrected chi connectivity index (χ4v) is 2.61. The average molecular weight is 151 g/mol. The maximum Gasteiger partial charge on any atom is 0.0659 e. The van der Waals surface area contributed by atoms with Gasteiger partial charge < -0.3 is 5.11 Å². The lowest BCUT2D eigenvalue weighted by molar-refractivity contribution is 0.0680. The van der Waals surface area contributed by atoms with E-state index in [-0.39, 0.29) is 12.0 Å². The number of rotatable bonds is 0. The van der Waals surface area contributed by atoms with Crippen LogP contribution in [0.15, 0.2) is 0 Å². The van der Waals surface area contributed by atoms with Crippen molar-refractivity contribution in [3.8, 4) is 6.07 Å². The molecule has 0 spiro atoms. The van der Waals surface area contributed by atoms with Gasteiger partial charge in [-0.1, -0.05) is 0 Å². The second-order valence-corrected chi connectivity index (χ2v) is 3.88. The number of nitriles is 1. The third kappa shape index (κ3) is 1.04. The van der Waals surface area contributed by atoms with Crippen LogP contribution in [0.2, 0.25) is 0 Å². The second-order valence-electron chi connectivity index (χ2n) is 3.88. The van der Waals surface area contributed by atoms with E-state index in [9.17, 15) is 5.11 Å². The van der Waals surface area contributed by atoms with Crippen molar-refractivity contribution in [2.45, 2.75) is 31.8 Å². The number of aliphatic hydroxyl groups is 1. The van der Waals surface area contributed by atoms with Crippen molar-refractivity contribution < 1.29 is 5.11 Å².